The second kappa shape index (κ2) is 6.84. The Kier molecular flexibility index (Phi) is 4.88. The molecule has 22 heavy (non-hydrogen) atoms. The normalized spacial score (nSPS) is 10.3. The van der Waals surface area contributed by atoms with E-state index in [1.165, 1.54) is 11.9 Å². The molecular formula is C15H18N4O3. The molecule has 116 valence electrons. The Balaban J connectivity index is 2.31. The first-order valence-corrected chi connectivity index (χ1v) is 6.71. The number of carbonyl (C=O) groups is 1. The van der Waals surface area contributed by atoms with Crippen LogP contribution in [0.2, 0.25) is 0 Å². The fraction of sp³-hybridized carbons (Fsp3) is 0.333. The SMILES string of the molecule is C=C(C)Cc1cccc(C(=O)OC)c1OCc1nnn(C)n1. The van der Waals surface area contributed by atoms with E-state index in [9.17, 15) is 4.79 Å². The average molecular weight is 302 g/mol. The zero-order chi connectivity index (χ0) is 16.1. The zero-order valence-corrected chi connectivity index (χ0v) is 12.9. The highest BCUT2D eigenvalue weighted by atomic mass is 16.5. The number of hydrogen-bond donors (Lipinski definition) is 0. The van der Waals surface area contributed by atoms with Gasteiger partial charge in [0.15, 0.2) is 6.61 Å². The zero-order valence-electron chi connectivity index (χ0n) is 12.9. The number of aromatic nitrogens is 4. The molecule has 2 rings (SSSR count). The van der Waals surface area contributed by atoms with E-state index in [1.54, 1.807) is 19.2 Å². The number of carbonyl (C=O) groups excluding carboxylic acids is 1. The van der Waals surface area contributed by atoms with E-state index in [2.05, 4.69) is 22.0 Å². The molecule has 7 nitrogen and oxygen atoms in total. The van der Waals surface area contributed by atoms with Crippen LogP contribution in [0.4, 0.5) is 0 Å². The molecule has 0 N–H and O–H groups in total. The van der Waals surface area contributed by atoms with Gasteiger partial charge in [-0.25, -0.2) is 4.79 Å². The second-order valence-electron chi connectivity index (χ2n) is 4.90. The van der Waals surface area contributed by atoms with Crippen LogP contribution < -0.4 is 4.74 Å². The van der Waals surface area contributed by atoms with Gasteiger partial charge < -0.3 is 9.47 Å². The molecule has 2 aromatic rings. The number of rotatable bonds is 6. The number of para-hydroxylation sites is 1. The smallest absolute Gasteiger partial charge is 0.341 e. The number of nitrogens with zero attached hydrogens (tertiary/aromatic N) is 4. The van der Waals surface area contributed by atoms with Crippen LogP contribution in [0.1, 0.15) is 28.7 Å². The largest absolute Gasteiger partial charge is 0.484 e. The number of esters is 1. The number of tetrazole rings is 1. The van der Waals surface area contributed by atoms with Gasteiger partial charge in [-0.3, -0.25) is 0 Å². The van der Waals surface area contributed by atoms with Gasteiger partial charge in [-0.2, -0.15) is 4.80 Å². The van der Waals surface area contributed by atoms with Crippen molar-refractivity contribution in [2.24, 2.45) is 7.05 Å². The molecule has 0 spiro atoms. The van der Waals surface area contributed by atoms with E-state index in [0.29, 0.717) is 23.6 Å². The lowest BCUT2D eigenvalue weighted by molar-refractivity contribution is 0.0595. The summed E-state index contributed by atoms with van der Waals surface area (Å²) in [6.45, 7) is 5.93. The summed E-state index contributed by atoms with van der Waals surface area (Å²) in [6, 6.07) is 5.34. The molecular weight excluding hydrogens is 284 g/mol. The van der Waals surface area contributed by atoms with Gasteiger partial charge in [0.1, 0.15) is 11.3 Å². The minimum Gasteiger partial charge on any atom is -0.484 e. The molecule has 0 aliphatic carbocycles. The van der Waals surface area contributed by atoms with Crippen LogP contribution in [0.5, 0.6) is 5.75 Å². The highest BCUT2D eigenvalue weighted by Gasteiger charge is 2.17. The third-order valence-electron chi connectivity index (χ3n) is 2.89. The van der Waals surface area contributed by atoms with E-state index in [-0.39, 0.29) is 6.61 Å². The Morgan fingerprint density at radius 1 is 1.41 bits per heavy atom. The summed E-state index contributed by atoms with van der Waals surface area (Å²) in [5.74, 6) is 0.443. The van der Waals surface area contributed by atoms with Gasteiger partial charge in [0, 0.05) is 0 Å². The number of benzene rings is 1. The van der Waals surface area contributed by atoms with Crippen LogP contribution in [0.3, 0.4) is 0 Å². The maximum absolute atomic E-state index is 11.9. The van der Waals surface area contributed by atoms with Gasteiger partial charge in [0.25, 0.3) is 0 Å². The van der Waals surface area contributed by atoms with Gasteiger partial charge in [-0.15, -0.1) is 10.2 Å². The van der Waals surface area contributed by atoms with E-state index < -0.39 is 5.97 Å². The van der Waals surface area contributed by atoms with Gasteiger partial charge in [-0.05, 0) is 30.2 Å². The van der Waals surface area contributed by atoms with Crippen LogP contribution in [0, 0.1) is 0 Å². The lowest BCUT2D eigenvalue weighted by Gasteiger charge is -2.14. The van der Waals surface area contributed by atoms with E-state index >= 15 is 0 Å². The third-order valence-corrected chi connectivity index (χ3v) is 2.89. The molecule has 0 aliphatic heterocycles. The monoisotopic (exact) mass is 302 g/mol. The summed E-state index contributed by atoms with van der Waals surface area (Å²) in [5, 5.41) is 11.6. The first-order chi connectivity index (χ1) is 10.5. The Bertz CT molecular complexity index is 694. The molecule has 0 radical (unpaired) electrons. The summed E-state index contributed by atoms with van der Waals surface area (Å²) in [6.07, 6.45) is 0.605. The van der Waals surface area contributed by atoms with Crippen molar-refractivity contribution in [2.75, 3.05) is 7.11 Å². The van der Waals surface area contributed by atoms with Crippen LogP contribution in [0.15, 0.2) is 30.4 Å². The quantitative estimate of drug-likeness (QED) is 0.597. The molecule has 0 bridgehead atoms. The maximum Gasteiger partial charge on any atom is 0.341 e. The fourth-order valence-corrected chi connectivity index (χ4v) is 2.01. The third kappa shape index (κ3) is 3.69. The minimum absolute atomic E-state index is 0.116. The van der Waals surface area contributed by atoms with Crippen molar-refractivity contribution in [1.29, 1.82) is 0 Å². The van der Waals surface area contributed by atoms with Crippen molar-refractivity contribution in [3.8, 4) is 5.75 Å². The molecule has 0 atom stereocenters. The van der Waals surface area contributed by atoms with E-state index in [0.717, 1.165) is 11.1 Å². The Hall–Kier alpha value is -2.70. The first-order valence-electron chi connectivity index (χ1n) is 6.71. The molecule has 1 heterocycles. The van der Waals surface area contributed by atoms with E-state index in [1.807, 2.05) is 13.0 Å². The van der Waals surface area contributed by atoms with Crippen molar-refractivity contribution < 1.29 is 14.3 Å². The van der Waals surface area contributed by atoms with Crippen molar-refractivity contribution in [3.05, 3.63) is 47.3 Å². The molecule has 0 amide bonds. The van der Waals surface area contributed by atoms with Crippen molar-refractivity contribution in [1.82, 2.24) is 20.2 Å². The van der Waals surface area contributed by atoms with Crippen LogP contribution in [0.25, 0.3) is 0 Å². The first kappa shape index (κ1) is 15.7. The topological polar surface area (TPSA) is 79.1 Å². The Morgan fingerprint density at radius 3 is 2.77 bits per heavy atom. The number of ether oxygens (including phenoxy) is 2. The predicted octanol–water partition coefficient (Wildman–Crippen LogP) is 1.69. The van der Waals surface area contributed by atoms with Gasteiger partial charge >= 0.3 is 5.97 Å². The molecule has 7 heteroatoms. The Labute approximate surface area is 128 Å². The lowest BCUT2D eigenvalue weighted by Crippen LogP contribution is -2.09. The number of aryl methyl sites for hydroxylation is 1. The highest BCUT2D eigenvalue weighted by molar-refractivity contribution is 5.93. The summed E-state index contributed by atoms with van der Waals surface area (Å²) < 4.78 is 10.6. The molecule has 0 unspecified atom stereocenters. The van der Waals surface area contributed by atoms with Crippen LogP contribution in [-0.4, -0.2) is 33.3 Å². The van der Waals surface area contributed by atoms with Crippen molar-refractivity contribution >= 4 is 5.97 Å². The lowest BCUT2D eigenvalue weighted by atomic mass is 10.0. The summed E-state index contributed by atoms with van der Waals surface area (Å²) in [5.41, 5.74) is 2.19. The molecule has 0 saturated carbocycles. The Morgan fingerprint density at radius 2 is 2.18 bits per heavy atom. The average Bonchev–Trinajstić information content (AvgIpc) is 2.90. The number of methoxy groups -OCH3 is 1. The van der Waals surface area contributed by atoms with Crippen molar-refractivity contribution in [2.45, 2.75) is 20.0 Å². The number of allylic oxidation sites excluding steroid dienone is 1. The van der Waals surface area contributed by atoms with Crippen LogP contribution in [-0.2, 0) is 24.8 Å². The minimum atomic E-state index is -0.453. The standard InChI is InChI=1S/C15H18N4O3/c1-10(2)8-11-6-5-7-12(15(20)21-4)14(11)22-9-13-16-18-19(3)17-13/h5-7H,1,8-9H2,2-4H3. The van der Waals surface area contributed by atoms with E-state index in [4.69, 9.17) is 9.47 Å². The molecule has 0 fully saturated rings. The number of hydrogen-bond acceptors (Lipinski definition) is 6. The molecule has 0 saturated heterocycles. The summed E-state index contributed by atoms with van der Waals surface area (Å²) in [4.78, 5) is 13.3. The fourth-order valence-electron chi connectivity index (χ4n) is 2.01. The summed E-state index contributed by atoms with van der Waals surface area (Å²) in [7, 11) is 3.01. The van der Waals surface area contributed by atoms with Gasteiger partial charge in [0.2, 0.25) is 5.82 Å². The van der Waals surface area contributed by atoms with Crippen LogP contribution >= 0.6 is 0 Å². The molecule has 1 aromatic carbocycles. The maximum atomic E-state index is 11.9. The molecule has 0 aliphatic rings. The van der Waals surface area contributed by atoms with Crippen molar-refractivity contribution in [3.63, 3.8) is 0 Å². The second-order valence-corrected chi connectivity index (χ2v) is 4.90. The van der Waals surface area contributed by atoms with Gasteiger partial charge in [-0.1, -0.05) is 24.3 Å². The highest BCUT2D eigenvalue weighted by Crippen LogP contribution is 2.27. The molecule has 1 aromatic heterocycles. The predicted molar refractivity (Wildman–Crippen MR) is 79.4 cm³/mol. The summed E-state index contributed by atoms with van der Waals surface area (Å²) >= 11 is 0. The van der Waals surface area contributed by atoms with Gasteiger partial charge in [0.05, 0.1) is 14.2 Å².